The minimum absolute atomic E-state index is 0.0506. The Morgan fingerprint density at radius 1 is 0.960 bits per heavy atom. The van der Waals surface area contributed by atoms with E-state index in [-0.39, 0.29) is 16.0 Å². The molecule has 0 heterocycles. The number of ether oxygens (including phenoxy) is 2. The van der Waals surface area contributed by atoms with Crippen molar-refractivity contribution in [1.29, 1.82) is 0 Å². The van der Waals surface area contributed by atoms with Crippen molar-refractivity contribution in [2.24, 2.45) is 0 Å². The van der Waals surface area contributed by atoms with Gasteiger partial charge in [0.2, 0.25) is 0 Å². The smallest absolute Gasteiger partial charge is 0.420 e. The van der Waals surface area contributed by atoms with Crippen LogP contribution in [0, 0.1) is 0 Å². The molecule has 10 heteroatoms. The van der Waals surface area contributed by atoms with Gasteiger partial charge in [0.1, 0.15) is 4.90 Å². The largest absolute Gasteiger partial charge is 0.493 e. The minimum Gasteiger partial charge on any atom is -0.493 e. The molecular weight excluding hydrogens is 429 g/mol. The lowest BCUT2D eigenvalue weighted by Crippen LogP contribution is -2.15. The number of hydrogen-bond donors (Lipinski definition) is 0. The highest BCUT2D eigenvalue weighted by Crippen LogP contribution is 2.39. The molecule has 0 amide bonds. The van der Waals surface area contributed by atoms with E-state index in [9.17, 15) is 21.6 Å². The molecule has 0 aliphatic heterocycles. The Bertz CT molecular complexity index is 881. The lowest BCUT2D eigenvalue weighted by molar-refractivity contribution is -0.138. The molecule has 0 aliphatic carbocycles. The molecule has 25 heavy (non-hydrogen) atoms. The first kappa shape index (κ1) is 19.4. The maximum absolute atomic E-state index is 13.0. The Labute approximate surface area is 150 Å². The van der Waals surface area contributed by atoms with Crippen molar-refractivity contribution in [2.45, 2.75) is 11.1 Å². The standard InChI is InChI=1S/C15H12BrF3O5S/c1-22-12-7-10(16)14(8-13(12)23-2)25(20,21)24-11-6-4-3-5-9(11)15(17,18)19/h3-8H,1-2H3. The summed E-state index contributed by atoms with van der Waals surface area (Å²) in [6.07, 6.45) is -4.76. The van der Waals surface area contributed by atoms with Gasteiger partial charge in [-0.05, 0) is 34.1 Å². The summed E-state index contributed by atoms with van der Waals surface area (Å²) >= 11 is 3.04. The van der Waals surface area contributed by atoms with E-state index in [4.69, 9.17) is 13.7 Å². The van der Waals surface area contributed by atoms with E-state index in [0.717, 1.165) is 24.3 Å². The Hall–Kier alpha value is -1.94. The van der Waals surface area contributed by atoms with Gasteiger partial charge in [0.05, 0.1) is 19.8 Å². The second-order valence-electron chi connectivity index (χ2n) is 4.67. The van der Waals surface area contributed by atoms with Crippen LogP contribution in [0.5, 0.6) is 17.2 Å². The molecule has 2 aromatic carbocycles. The van der Waals surface area contributed by atoms with Gasteiger partial charge in [0.15, 0.2) is 17.2 Å². The predicted octanol–water partition coefficient (Wildman–Crippen LogP) is 4.25. The van der Waals surface area contributed by atoms with Crippen LogP contribution in [0.15, 0.2) is 45.8 Å². The monoisotopic (exact) mass is 440 g/mol. The second-order valence-corrected chi connectivity index (χ2v) is 7.04. The third-order valence-corrected chi connectivity index (χ3v) is 5.29. The average molecular weight is 441 g/mol. The molecule has 136 valence electrons. The summed E-state index contributed by atoms with van der Waals surface area (Å²) in [4.78, 5) is -0.401. The van der Waals surface area contributed by atoms with E-state index in [2.05, 4.69) is 15.9 Å². The van der Waals surface area contributed by atoms with Crippen LogP contribution in [-0.2, 0) is 16.3 Å². The Kier molecular flexibility index (Phi) is 5.52. The molecule has 0 saturated heterocycles. The van der Waals surface area contributed by atoms with E-state index in [0.29, 0.717) is 0 Å². The van der Waals surface area contributed by atoms with Gasteiger partial charge >= 0.3 is 16.3 Å². The molecule has 0 N–H and O–H groups in total. The molecule has 2 rings (SSSR count). The predicted molar refractivity (Wildman–Crippen MR) is 86.5 cm³/mol. The zero-order valence-corrected chi connectivity index (χ0v) is 15.3. The van der Waals surface area contributed by atoms with Gasteiger partial charge in [0.25, 0.3) is 0 Å². The van der Waals surface area contributed by atoms with E-state index >= 15 is 0 Å². The molecule has 0 aromatic heterocycles. The Balaban J connectivity index is 2.52. The minimum atomic E-state index is -4.76. The summed E-state index contributed by atoms with van der Waals surface area (Å²) < 4.78 is 78.7. The number of alkyl halides is 3. The lowest BCUT2D eigenvalue weighted by atomic mass is 10.2. The average Bonchev–Trinajstić information content (AvgIpc) is 2.53. The van der Waals surface area contributed by atoms with Crippen LogP contribution in [0.4, 0.5) is 13.2 Å². The van der Waals surface area contributed by atoms with Gasteiger partial charge in [-0.15, -0.1) is 0 Å². The summed E-state index contributed by atoms with van der Waals surface area (Å²) in [7, 11) is -1.92. The van der Waals surface area contributed by atoms with E-state index in [1.165, 1.54) is 26.4 Å². The lowest BCUT2D eigenvalue weighted by Gasteiger charge is -2.15. The molecule has 0 fully saturated rings. The van der Waals surface area contributed by atoms with Crippen molar-refractivity contribution in [3.05, 3.63) is 46.4 Å². The van der Waals surface area contributed by atoms with Crippen molar-refractivity contribution in [3.8, 4) is 17.2 Å². The Morgan fingerprint density at radius 2 is 1.52 bits per heavy atom. The molecule has 5 nitrogen and oxygen atoms in total. The number of methoxy groups -OCH3 is 2. The van der Waals surface area contributed by atoms with E-state index < -0.39 is 32.5 Å². The van der Waals surface area contributed by atoms with Gasteiger partial charge in [0, 0.05) is 10.5 Å². The van der Waals surface area contributed by atoms with Crippen molar-refractivity contribution in [2.75, 3.05) is 14.2 Å². The quantitative estimate of drug-likeness (QED) is 0.650. The third-order valence-electron chi connectivity index (χ3n) is 3.10. The molecule has 0 aliphatic rings. The highest BCUT2D eigenvalue weighted by atomic mass is 79.9. The number of hydrogen-bond acceptors (Lipinski definition) is 5. The van der Waals surface area contributed by atoms with Crippen LogP contribution < -0.4 is 13.7 Å². The summed E-state index contributed by atoms with van der Waals surface area (Å²) in [6.45, 7) is 0. The molecule has 2 aromatic rings. The van der Waals surface area contributed by atoms with Gasteiger partial charge < -0.3 is 13.7 Å². The van der Waals surface area contributed by atoms with E-state index in [1.807, 2.05) is 0 Å². The molecular formula is C15H12BrF3O5S. The third kappa shape index (κ3) is 4.18. The highest BCUT2D eigenvalue weighted by molar-refractivity contribution is 9.10. The highest BCUT2D eigenvalue weighted by Gasteiger charge is 2.36. The second kappa shape index (κ2) is 7.12. The van der Waals surface area contributed by atoms with Crippen molar-refractivity contribution >= 4 is 26.0 Å². The first-order valence-corrected chi connectivity index (χ1v) is 8.82. The van der Waals surface area contributed by atoms with Crippen LogP contribution in [-0.4, -0.2) is 22.6 Å². The fraction of sp³-hybridized carbons (Fsp3) is 0.200. The van der Waals surface area contributed by atoms with Crippen LogP contribution in [0.1, 0.15) is 5.56 Å². The first-order chi connectivity index (χ1) is 11.6. The van der Waals surface area contributed by atoms with Crippen molar-refractivity contribution in [3.63, 3.8) is 0 Å². The molecule has 0 spiro atoms. The molecule has 0 saturated carbocycles. The molecule has 0 bridgehead atoms. The van der Waals surface area contributed by atoms with E-state index in [1.54, 1.807) is 0 Å². The topological polar surface area (TPSA) is 61.8 Å². The summed E-state index contributed by atoms with van der Waals surface area (Å²) in [5, 5.41) is 0. The summed E-state index contributed by atoms with van der Waals surface area (Å²) in [5.41, 5.74) is -1.20. The van der Waals surface area contributed by atoms with Crippen LogP contribution >= 0.6 is 15.9 Å². The normalized spacial score (nSPS) is 11.9. The number of rotatable bonds is 5. The van der Waals surface area contributed by atoms with Gasteiger partial charge in [-0.25, -0.2) is 0 Å². The number of benzene rings is 2. The number of para-hydroxylation sites is 1. The maximum atomic E-state index is 13.0. The van der Waals surface area contributed by atoms with Crippen molar-refractivity contribution < 1.29 is 35.2 Å². The summed E-state index contributed by atoms with van der Waals surface area (Å²) in [6, 6.07) is 6.43. The summed E-state index contributed by atoms with van der Waals surface area (Å²) in [5.74, 6) is -0.502. The van der Waals surface area contributed by atoms with Gasteiger partial charge in [-0.1, -0.05) is 12.1 Å². The van der Waals surface area contributed by atoms with Gasteiger partial charge in [-0.3, -0.25) is 0 Å². The fourth-order valence-corrected chi connectivity index (χ4v) is 3.90. The molecule has 0 radical (unpaired) electrons. The van der Waals surface area contributed by atoms with Crippen LogP contribution in [0.25, 0.3) is 0 Å². The van der Waals surface area contributed by atoms with Crippen LogP contribution in [0.3, 0.4) is 0 Å². The Morgan fingerprint density at radius 3 is 2.08 bits per heavy atom. The fourth-order valence-electron chi connectivity index (χ4n) is 1.96. The first-order valence-electron chi connectivity index (χ1n) is 6.62. The molecule has 0 atom stereocenters. The van der Waals surface area contributed by atoms with Gasteiger partial charge in [-0.2, -0.15) is 21.6 Å². The number of halogens is 4. The zero-order chi connectivity index (χ0) is 18.8. The molecule has 0 unspecified atom stereocenters. The maximum Gasteiger partial charge on any atom is 0.420 e. The zero-order valence-electron chi connectivity index (χ0n) is 12.9. The SMILES string of the molecule is COc1cc(Br)c(S(=O)(=O)Oc2ccccc2C(F)(F)F)cc1OC. The van der Waals surface area contributed by atoms with Crippen LogP contribution in [0.2, 0.25) is 0 Å². The van der Waals surface area contributed by atoms with Crippen molar-refractivity contribution in [1.82, 2.24) is 0 Å².